The van der Waals surface area contributed by atoms with Crippen LogP contribution in [0, 0.1) is 5.41 Å². The fourth-order valence-corrected chi connectivity index (χ4v) is 0.960. The van der Waals surface area contributed by atoms with Crippen LogP contribution in [0.5, 0.6) is 0 Å². The highest BCUT2D eigenvalue weighted by Gasteiger charge is 2.32. The summed E-state index contributed by atoms with van der Waals surface area (Å²) in [4.78, 5) is 23.1. The molecule has 4 N–H and O–H groups in total. The predicted molar refractivity (Wildman–Crippen MR) is 67.3 cm³/mol. The Hall–Kier alpha value is -1.14. The van der Waals surface area contributed by atoms with Crippen molar-refractivity contribution in [1.82, 2.24) is 0 Å². The van der Waals surface area contributed by atoms with E-state index < -0.39 is 35.2 Å². The summed E-state index contributed by atoms with van der Waals surface area (Å²) in [6.45, 7) is 10.5. The summed E-state index contributed by atoms with van der Waals surface area (Å²) in [6, 6.07) is -0.856. The summed E-state index contributed by atoms with van der Waals surface area (Å²) in [5, 5.41) is 0. The van der Waals surface area contributed by atoms with Crippen LogP contribution in [0.25, 0.3) is 0 Å². The molecule has 6 nitrogen and oxygen atoms in total. The second-order valence-electron chi connectivity index (χ2n) is 6.23. The van der Waals surface area contributed by atoms with Gasteiger partial charge < -0.3 is 15.2 Å². The van der Waals surface area contributed by atoms with Gasteiger partial charge in [0.05, 0.1) is 0 Å². The molecule has 0 aromatic rings. The maximum atomic E-state index is 11.6. The summed E-state index contributed by atoms with van der Waals surface area (Å²) in [5.41, 5.74) is 9.97. The van der Waals surface area contributed by atoms with E-state index >= 15 is 0 Å². The van der Waals surface area contributed by atoms with Gasteiger partial charge in [-0.1, -0.05) is 20.8 Å². The summed E-state index contributed by atoms with van der Waals surface area (Å²) in [7, 11) is 0. The van der Waals surface area contributed by atoms with E-state index in [2.05, 4.69) is 0 Å². The molecule has 0 amide bonds. The first-order valence-corrected chi connectivity index (χ1v) is 5.79. The maximum absolute atomic E-state index is 11.6. The minimum atomic E-state index is -1.45. The van der Waals surface area contributed by atoms with Crippen molar-refractivity contribution < 1.29 is 19.1 Å². The third kappa shape index (κ3) is 5.97. The molecule has 0 aromatic heterocycles. The van der Waals surface area contributed by atoms with Gasteiger partial charge in [-0.3, -0.25) is 10.5 Å². The van der Waals surface area contributed by atoms with Gasteiger partial charge in [-0.15, -0.1) is 0 Å². The zero-order valence-electron chi connectivity index (χ0n) is 11.9. The normalized spacial score (nSPS) is 15.8. The molecule has 0 spiro atoms. The van der Waals surface area contributed by atoms with Crippen LogP contribution in [0.1, 0.15) is 41.5 Å². The number of carbonyl (C=O) groups is 2. The van der Waals surface area contributed by atoms with Gasteiger partial charge in [0.2, 0.25) is 6.23 Å². The number of rotatable bonds is 3. The number of hydrogen-bond donors (Lipinski definition) is 2. The van der Waals surface area contributed by atoms with E-state index in [0.29, 0.717) is 0 Å². The van der Waals surface area contributed by atoms with Crippen LogP contribution >= 0.6 is 0 Å². The average molecular weight is 260 g/mol. The fourth-order valence-electron chi connectivity index (χ4n) is 0.960. The van der Waals surface area contributed by atoms with E-state index in [4.69, 9.17) is 20.9 Å². The molecule has 0 bridgehead atoms. The third-order valence-corrected chi connectivity index (χ3v) is 2.07. The minimum absolute atomic E-state index is 0.468. The lowest BCUT2D eigenvalue weighted by molar-refractivity contribution is -0.177. The molecule has 0 aliphatic carbocycles. The maximum Gasteiger partial charge on any atom is 0.363 e. The van der Waals surface area contributed by atoms with E-state index in [0.717, 1.165) is 0 Å². The summed E-state index contributed by atoms with van der Waals surface area (Å²) >= 11 is 0. The number of ether oxygens (including phenoxy) is 2. The smallest absolute Gasteiger partial charge is 0.363 e. The Kier molecular flexibility index (Phi) is 5.31. The third-order valence-electron chi connectivity index (χ3n) is 2.07. The molecular formula is C12H24N2O4. The highest BCUT2D eigenvalue weighted by Crippen LogP contribution is 2.18. The van der Waals surface area contributed by atoms with Gasteiger partial charge >= 0.3 is 11.9 Å². The molecule has 0 rings (SSSR count). The number of hydrogen-bond acceptors (Lipinski definition) is 6. The Bertz CT molecular complexity index is 315. The molecule has 106 valence electrons. The van der Waals surface area contributed by atoms with Crippen LogP contribution in [-0.2, 0) is 19.1 Å². The zero-order chi connectivity index (χ0) is 14.7. The zero-order valence-corrected chi connectivity index (χ0v) is 11.9. The molecule has 2 atom stereocenters. The SMILES string of the molecule is CC(C)(C)OC(=O)C(N)OC(=O)C(N)C(C)(C)C. The van der Waals surface area contributed by atoms with Crippen molar-refractivity contribution in [2.45, 2.75) is 59.4 Å². The standard InChI is InChI=1S/C12H24N2O4/c1-11(2,3)7(13)9(15)17-8(14)10(16)18-12(4,5)6/h7-8H,13-14H2,1-6H3. The molecule has 18 heavy (non-hydrogen) atoms. The number of carbonyl (C=O) groups excluding carboxylic acids is 2. The van der Waals surface area contributed by atoms with E-state index in [-0.39, 0.29) is 0 Å². The van der Waals surface area contributed by atoms with Crippen molar-refractivity contribution in [3.8, 4) is 0 Å². The van der Waals surface area contributed by atoms with Crippen molar-refractivity contribution in [1.29, 1.82) is 0 Å². The summed E-state index contributed by atoms with van der Waals surface area (Å²) in [5.74, 6) is -1.52. The molecule has 6 heteroatoms. The Labute approximate surface area is 108 Å². The molecular weight excluding hydrogens is 236 g/mol. The molecule has 0 heterocycles. The summed E-state index contributed by atoms with van der Waals surface area (Å²) < 4.78 is 9.77. The van der Waals surface area contributed by atoms with Gasteiger partial charge in [-0.05, 0) is 26.2 Å². The Morgan fingerprint density at radius 2 is 1.39 bits per heavy atom. The van der Waals surface area contributed by atoms with E-state index in [1.807, 2.05) is 0 Å². The fraction of sp³-hybridized carbons (Fsp3) is 0.833. The van der Waals surface area contributed by atoms with Crippen molar-refractivity contribution in [3.05, 3.63) is 0 Å². The molecule has 0 radical (unpaired) electrons. The van der Waals surface area contributed by atoms with Crippen LogP contribution < -0.4 is 11.5 Å². The second kappa shape index (κ2) is 5.67. The lowest BCUT2D eigenvalue weighted by Gasteiger charge is -2.27. The molecule has 0 aliphatic heterocycles. The quantitative estimate of drug-likeness (QED) is 0.566. The monoisotopic (exact) mass is 260 g/mol. The minimum Gasteiger partial charge on any atom is -0.456 e. The molecule has 0 saturated carbocycles. The van der Waals surface area contributed by atoms with Gasteiger partial charge in [0.15, 0.2) is 0 Å². The number of nitrogens with two attached hydrogens (primary N) is 2. The largest absolute Gasteiger partial charge is 0.456 e. The molecule has 0 aromatic carbocycles. The first-order chi connectivity index (χ1) is 7.84. The predicted octanol–water partition coefficient (Wildman–Crippen LogP) is 0.530. The summed E-state index contributed by atoms with van der Waals surface area (Å²) in [6.07, 6.45) is -1.45. The Morgan fingerprint density at radius 3 is 1.72 bits per heavy atom. The van der Waals surface area contributed by atoms with Gasteiger partial charge in [0.25, 0.3) is 0 Å². The number of esters is 2. The molecule has 0 fully saturated rings. The van der Waals surface area contributed by atoms with Crippen molar-refractivity contribution >= 4 is 11.9 Å². The van der Waals surface area contributed by atoms with Crippen LogP contribution in [0.3, 0.4) is 0 Å². The second-order valence-corrected chi connectivity index (χ2v) is 6.23. The van der Waals surface area contributed by atoms with Crippen molar-refractivity contribution in [2.75, 3.05) is 0 Å². The first-order valence-electron chi connectivity index (χ1n) is 5.79. The highest BCUT2D eigenvalue weighted by molar-refractivity contribution is 5.81. The van der Waals surface area contributed by atoms with Crippen molar-refractivity contribution in [3.63, 3.8) is 0 Å². The lowest BCUT2D eigenvalue weighted by Crippen LogP contribution is -2.48. The van der Waals surface area contributed by atoms with Crippen LogP contribution in [0.15, 0.2) is 0 Å². The van der Waals surface area contributed by atoms with E-state index in [1.165, 1.54) is 0 Å². The van der Waals surface area contributed by atoms with Crippen LogP contribution in [0.4, 0.5) is 0 Å². The van der Waals surface area contributed by atoms with Gasteiger partial charge in [0, 0.05) is 0 Å². The Balaban J connectivity index is 4.45. The molecule has 2 unspecified atom stereocenters. The average Bonchev–Trinajstić information content (AvgIpc) is 2.12. The molecule has 0 aliphatic rings. The van der Waals surface area contributed by atoms with Gasteiger partial charge in [-0.25, -0.2) is 4.79 Å². The lowest BCUT2D eigenvalue weighted by atomic mass is 9.87. The van der Waals surface area contributed by atoms with E-state index in [9.17, 15) is 9.59 Å². The van der Waals surface area contributed by atoms with Gasteiger partial charge in [0.1, 0.15) is 11.6 Å². The highest BCUT2D eigenvalue weighted by atomic mass is 16.6. The van der Waals surface area contributed by atoms with Crippen LogP contribution in [-0.4, -0.2) is 29.8 Å². The topological polar surface area (TPSA) is 105 Å². The first kappa shape index (κ1) is 16.9. The van der Waals surface area contributed by atoms with Crippen LogP contribution in [0.2, 0.25) is 0 Å². The van der Waals surface area contributed by atoms with E-state index in [1.54, 1.807) is 41.5 Å². The van der Waals surface area contributed by atoms with Gasteiger partial charge in [-0.2, -0.15) is 0 Å². The Morgan fingerprint density at radius 1 is 0.944 bits per heavy atom. The molecule has 0 saturated heterocycles. The van der Waals surface area contributed by atoms with Crippen molar-refractivity contribution in [2.24, 2.45) is 16.9 Å².